The molecule has 1 aromatic heterocycles. The number of amides is 1. The number of pyridine rings is 1. The molecule has 1 N–H and O–H groups in total. The van der Waals surface area contributed by atoms with Crippen LogP contribution in [-0.4, -0.2) is 16.9 Å². The van der Waals surface area contributed by atoms with Gasteiger partial charge in [-0.3, -0.25) is 9.78 Å². The fourth-order valence-electron chi connectivity index (χ4n) is 2.56. The van der Waals surface area contributed by atoms with Crippen LogP contribution in [0, 0.1) is 13.8 Å². The predicted octanol–water partition coefficient (Wildman–Crippen LogP) is 2.30. The molecule has 1 heterocycles. The Morgan fingerprint density at radius 2 is 1.88 bits per heavy atom. The van der Waals surface area contributed by atoms with Gasteiger partial charge < -0.3 is 5.32 Å². The first-order valence-corrected chi connectivity index (χ1v) is 6.37. The molecule has 2 rings (SSSR count). The van der Waals surface area contributed by atoms with E-state index in [0.717, 1.165) is 29.8 Å². The van der Waals surface area contributed by atoms with Crippen molar-refractivity contribution in [3.05, 3.63) is 29.1 Å². The highest BCUT2D eigenvalue weighted by molar-refractivity contribution is 5.78. The molecule has 1 amide bonds. The summed E-state index contributed by atoms with van der Waals surface area (Å²) in [4.78, 5) is 16.2. The first-order valence-electron chi connectivity index (χ1n) is 6.37. The van der Waals surface area contributed by atoms with E-state index in [0.29, 0.717) is 12.5 Å². The van der Waals surface area contributed by atoms with Gasteiger partial charge in [-0.25, -0.2) is 0 Å². The molecule has 0 saturated heterocycles. The summed E-state index contributed by atoms with van der Waals surface area (Å²) >= 11 is 0. The van der Waals surface area contributed by atoms with E-state index in [9.17, 15) is 4.79 Å². The minimum Gasteiger partial charge on any atom is -0.353 e. The number of rotatable bonds is 3. The lowest BCUT2D eigenvalue weighted by molar-refractivity contribution is -0.121. The monoisotopic (exact) mass is 232 g/mol. The van der Waals surface area contributed by atoms with Crippen molar-refractivity contribution in [3.63, 3.8) is 0 Å². The molecule has 0 radical (unpaired) electrons. The van der Waals surface area contributed by atoms with E-state index in [1.807, 2.05) is 26.0 Å². The highest BCUT2D eigenvalue weighted by Gasteiger charge is 2.17. The van der Waals surface area contributed by atoms with Gasteiger partial charge in [0.25, 0.3) is 0 Å². The number of nitrogens with one attached hydrogen (secondary N) is 1. The Morgan fingerprint density at radius 1 is 1.29 bits per heavy atom. The maximum atomic E-state index is 11.9. The third kappa shape index (κ3) is 3.55. The fraction of sp³-hybridized carbons (Fsp3) is 0.571. The molecule has 0 unspecified atom stereocenters. The van der Waals surface area contributed by atoms with Crippen molar-refractivity contribution in [2.75, 3.05) is 0 Å². The molecule has 0 spiro atoms. The Kier molecular flexibility index (Phi) is 3.77. The largest absolute Gasteiger partial charge is 0.353 e. The molecule has 0 aliphatic heterocycles. The zero-order chi connectivity index (χ0) is 12.3. The zero-order valence-electron chi connectivity index (χ0n) is 10.6. The fourth-order valence-corrected chi connectivity index (χ4v) is 2.56. The summed E-state index contributed by atoms with van der Waals surface area (Å²) in [5, 5.41) is 3.11. The predicted molar refractivity (Wildman–Crippen MR) is 67.8 cm³/mol. The van der Waals surface area contributed by atoms with Crippen LogP contribution in [0.25, 0.3) is 0 Å². The number of aromatic nitrogens is 1. The molecule has 1 fully saturated rings. The van der Waals surface area contributed by atoms with Gasteiger partial charge in [-0.15, -0.1) is 0 Å². The Bertz CT molecular complexity index is 388. The van der Waals surface area contributed by atoms with Crippen LogP contribution in [0.1, 0.15) is 42.6 Å². The zero-order valence-corrected chi connectivity index (χ0v) is 10.6. The molecule has 3 nitrogen and oxygen atoms in total. The molecule has 0 bridgehead atoms. The molecule has 3 heteroatoms. The van der Waals surface area contributed by atoms with Crippen LogP contribution in [-0.2, 0) is 11.2 Å². The van der Waals surface area contributed by atoms with Crippen LogP contribution in [0.4, 0.5) is 0 Å². The second kappa shape index (κ2) is 5.30. The topological polar surface area (TPSA) is 42.0 Å². The van der Waals surface area contributed by atoms with Crippen molar-refractivity contribution in [2.45, 2.75) is 52.0 Å². The van der Waals surface area contributed by atoms with Crippen molar-refractivity contribution in [2.24, 2.45) is 0 Å². The first-order chi connectivity index (χ1) is 8.13. The molecule has 0 atom stereocenters. The molecule has 17 heavy (non-hydrogen) atoms. The van der Waals surface area contributed by atoms with Crippen molar-refractivity contribution < 1.29 is 4.79 Å². The Balaban J connectivity index is 1.92. The lowest BCUT2D eigenvalue weighted by atomic mass is 10.1. The Hall–Kier alpha value is -1.38. The second-order valence-corrected chi connectivity index (χ2v) is 4.98. The second-order valence-electron chi connectivity index (χ2n) is 4.98. The Labute approximate surface area is 103 Å². The van der Waals surface area contributed by atoms with E-state index in [2.05, 4.69) is 10.3 Å². The molecule has 1 aliphatic rings. The number of nitrogens with zero attached hydrogens (tertiary/aromatic N) is 1. The lowest BCUT2D eigenvalue weighted by Gasteiger charge is -2.12. The van der Waals surface area contributed by atoms with Gasteiger partial charge in [-0.2, -0.15) is 0 Å². The summed E-state index contributed by atoms with van der Waals surface area (Å²) in [7, 11) is 0. The molecule has 1 aromatic rings. The highest BCUT2D eigenvalue weighted by atomic mass is 16.1. The van der Waals surface area contributed by atoms with E-state index in [4.69, 9.17) is 0 Å². The maximum absolute atomic E-state index is 11.9. The van der Waals surface area contributed by atoms with E-state index in [1.54, 1.807) is 0 Å². The lowest BCUT2D eigenvalue weighted by Crippen LogP contribution is -2.33. The molecular weight excluding hydrogens is 212 g/mol. The number of hydrogen-bond acceptors (Lipinski definition) is 2. The van der Waals surface area contributed by atoms with Crippen molar-refractivity contribution >= 4 is 5.91 Å². The van der Waals surface area contributed by atoms with Crippen LogP contribution in [0.2, 0.25) is 0 Å². The van der Waals surface area contributed by atoms with Crippen molar-refractivity contribution in [1.29, 1.82) is 0 Å². The summed E-state index contributed by atoms with van der Waals surface area (Å²) in [6.07, 6.45) is 5.25. The number of hydrogen-bond donors (Lipinski definition) is 1. The maximum Gasteiger partial charge on any atom is 0.224 e. The summed E-state index contributed by atoms with van der Waals surface area (Å²) in [6, 6.07) is 4.38. The third-order valence-electron chi connectivity index (χ3n) is 3.23. The van der Waals surface area contributed by atoms with E-state index < -0.39 is 0 Å². The molecular formula is C14H20N2O. The summed E-state index contributed by atoms with van der Waals surface area (Å²) in [6.45, 7) is 3.93. The average molecular weight is 232 g/mol. The minimum absolute atomic E-state index is 0.141. The van der Waals surface area contributed by atoms with Gasteiger partial charge in [0.2, 0.25) is 5.91 Å². The molecule has 1 saturated carbocycles. The first kappa shape index (κ1) is 12.1. The number of carbonyl (C=O) groups is 1. The van der Waals surface area contributed by atoms with Crippen LogP contribution in [0.15, 0.2) is 12.1 Å². The average Bonchev–Trinajstić information content (AvgIpc) is 2.67. The number of aryl methyl sites for hydroxylation is 2. The van der Waals surface area contributed by atoms with Gasteiger partial charge in [0.05, 0.1) is 6.42 Å². The van der Waals surface area contributed by atoms with Crippen LogP contribution in [0.3, 0.4) is 0 Å². The van der Waals surface area contributed by atoms with Crippen molar-refractivity contribution in [1.82, 2.24) is 10.3 Å². The van der Waals surface area contributed by atoms with Gasteiger partial charge in [0.15, 0.2) is 0 Å². The number of carbonyl (C=O) groups excluding carboxylic acids is 1. The highest BCUT2D eigenvalue weighted by Crippen LogP contribution is 2.17. The molecule has 1 aliphatic carbocycles. The van der Waals surface area contributed by atoms with Gasteiger partial charge in [-0.05, 0) is 44.4 Å². The molecule has 0 aromatic carbocycles. The normalized spacial score (nSPS) is 16.1. The van der Waals surface area contributed by atoms with Crippen LogP contribution >= 0.6 is 0 Å². The summed E-state index contributed by atoms with van der Waals surface area (Å²) < 4.78 is 0. The van der Waals surface area contributed by atoms with Gasteiger partial charge >= 0.3 is 0 Å². The van der Waals surface area contributed by atoms with E-state index in [1.165, 1.54) is 12.8 Å². The smallest absolute Gasteiger partial charge is 0.224 e. The van der Waals surface area contributed by atoms with E-state index >= 15 is 0 Å². The standard InChI is InChI=1S/C14H20N2O/c1-10-7-12(8-11(2)15-10)9-14(17)16-13-5-3-4-6-13/h7-8,13H,3-6,9H2,1-2H3,(H,16,17). The third-order valence-corrected chi connectivity index (χ3v) is 3.23. The quantitative estimate of drug-likeness (QED) is 0.869. The van der Waals surface area contributed by atoms with Crippen LogP contribution in [0.5, 0.6) is 0 Å². The van der Waals surface area contributed by atoms with E-state index in [-0.39, 0.29) is 5.91 Å². The summed E-state index contributed by atoms with van der Waals surface area (Å²) in [5.74, 6) is 0.141. The minimum atomic E-state index is 0.141. The van der Waals surface area contributed by atoms with Crippen LogP contribution < -0.4 is 5.32 Å². The van der Waals surface area contributed by atoms with Gasteiger partial charge in [0.1, 0.15) is 0 Å². The van der Waals surface area contributed by atoms with Gasteiger partial charge in [-0.1, -0.05) is 12.8 Å². The molecule has 92 valence electrons. The SMILES string of the molecule is Cc1cc(CC(=O)NC2CCCC2)cc(C)n1. The Morgan fingerprint density at radius 3 is 2.47 bits per heavy atom. The summed E-state index contributed by atoms with van der Waals surface area (Å²) in [5.41, 5.74) is 3.02. The van der Waals surface area contributed by atoms with Crippen molar-refractivity contribution in [3.8, 4) is 0 Å². The van der Waals surface area contributed by atoms with Gasteiger partial charge in [0, 0.05) is 17.4 Å².